The highest BCUT2D eigenvalue weighted by atomic mass is 16.5. The Bertz CT molecular complexity index is 647. The molecule has 112 valence electrons. The lowest BCUT2D eigenvalue weighted by Crippen LogP contribution is -2.37. The van der Waals surface area contributed by atoms with E-state index in [-0.39, 0.29) is 24.9 Å². The number of anilines is 2. The molecule has 2 heterocycles. The second-order valence-electron chi connectivity index (χ2n) is 4.59. The van der Waals surface area contributed by atoms with Crippen molar-refractivity contribution < 1.29 is 14.1 Å². The highest BCUT2D eigenvalue weighted by molar-refractivity contribution is 5.93. The number of nitrogens with one attached hydrogen (secondary N) is 1. The summed E-state index contributed by atoms with van der Waals surface area (Å²) >= 11 is 0. The Kier molecular flexibility index (Phi) is 4.21. The van der Waals surface area contributed by atoms with Crippen molar-refractivity contribution in [3.8, 4) is 0 Å². The van der Waals surface area contributed by atoms with Crippen molar-refractivity contribution in [1.82, 2.24) is 19.8 Å². The van der Waals surface area contributed by atoms with Gasteiger partial charge >= 0.3 is 0 Å². The minimum atomic E-state index is -0.362. The molecule has 2 rings (SSSR count). The SMILES string of the molecule is Cc1cc(NC(=O)CN(C)C(=O)Cn2cc(N)cn2)no1. The highest BCUT2D eigenvalue weighted by Gasteiger charge is 2.15. The average Bonchev–Trinajstić information content (AvgIpc) is 2.98. The maximum atomic E-state index is 11.9. The maximum Gasteiger partial charge on any atom is 0.245 e. The van der Waals surface area contributed by atoms with E-state index in [1.807, 2.05) is 0 Å². The van der Waals surface area contributed by atoms with Gasteiger partial charge in [0.1, 0.15) is 12.3 Å². The molecule has 2 aromatic heterocycles. The van der Waals surface area contributed by atoms with Crippen molar-refractivity contribution in [2.75, 3.05) is 24.6 Å². The van der Waals surface area contributed by atoms with E-state index in [0.717, 1.165) is 0 Å². The Morgan fingerprint density at radius 3 is 2.86 bits per heavy atom. The zero-order chi connectivity index (χ0) is 15.4. The summed E-state index contributed by atoms with van der Waals surface area (Å²) in [5, 5.41) is 10.1. The number of nitrogen functional groups attached to an aromatic ring is 1. The predicted octanol–water partition coefficient (Wildman–Crippen LogP) is -0.141. The van der Waals surface area contributed by atoms with Crippen LogP contribution in [0.1, 0.15) is 5.76 Å². The summed E-state index contributed by atoms with van der Waals surface area (Å²) in [4.78, 5) is 25.0. The van der Waals surface area contributed by atoms with Gasteiger partial charge in [0.2, 0.25) is 11.8 Å². The zero-order valence-electron chi connectivity index (χ0n) is 11.7. The van der Waals surface area contributed by atoms with Gasteiger partial charge in [0.25, 0.3) is 0 Å². The molecule has 0 atom stereocenters. The number of hydrogen-bond acceptors (Lipinski definition) is 6. The van der Waals surface area contributed by atoms with E-state index >= 15 is 0 Å². The first-order chi connectivity index (χ1) is 9.94. The second-order valence-corrected chi connectivity index (χ2v) is 4.59. The van der Waals surface area contributed by atoms with E-state index in [2.05, 4.69) is 15.6 Å². The minimum Gasteiger partial charge on any atom is -0.396 e. The summed E-state index contributed by atoms with van der Waals surface area (Å²) in [7, 11) is 1.53. The molecule has 21 heavy (non-hydrogen) atoms. The van der Waals surface area contributed by atoms with Crippen LogP contribution in [0.2, 0.25) is 0 Å². The van der Waals surface area contributed by atoms with E-state index in [0.29, 0.717) is 17.3 Å². The summed E-state index contributed by atoms with van der Waals surface area (Å²) in [5.41, 5.74) is 5.99. The van der Waals surface area contributed by atoms with Gasteiger partial charge in [0.05, 0.1) is 18.4 Å². The number of carbonyl (C=O) groups is 2. The fourth-order valence-corrected chi connectivity index (χ4v) is 1.64. The number of aryl methyl sites for hydroxylation is 1. The van der Waals surface area contributed by atoms with Gasteiger partial charge in [0, 0.05) is 19.3 Å². The third-order valence-corrected chi connectivity index (χ3v) is 2.65. The molecule has 0 saturated carbocycles. The molecule has 0 aliphatic heterocycles. The van der Waals surface area contributed by atoms with Crippen LogP contribution in [0.3, 0.4) is 0 Å². The predicted molar refractivity (Wildman–Crippen MR) is 74.1 cm³/mol. The Balaban J connectivity index is 1.83. The molecule has 0 aliphatic rings. The normalized spacial score (nSPS) is 10.4. The summed E-state index contributed by atoms with van der Waals surface area (Å²) in [6.45, 7) is 1.64. The van der Waals surface area contributed by atoms with Gasteiger partial charge in [-0.15, -0.1) is 0 Å². The number of carbonyl (C=O) groups excluding carboxylic acids is 2. The molecule has 9 heteroatoms. The standard InChI is InChI=1S/C12H16N6O3/c1-8-3-10(16-21-8)15-11(19)6-17(2)12(20)7-18-5-9(13)4-14-18/h3-5H,6-7,13H2,1-2H3,(H,15,16,19). The number of amides is 2. The summed E-state index contributed by atoms with van der Waals surface area (Å²) in [5.74, 6) is 0.285. The Hall–Kier alpha value is -2.84. The Morgan fingerprint density at radius 2 is 2.29 bits per heavy atom. The van der Waals surface area contributed by atoms with Crippen molar-refractivity contribution >= 4 is 23.3 Å². The van der Waals surface area contributed by atoms with Crippen LogP contribution >= 0.6 is 0 Å². The molecule has 0 aromatic carbocycles. The van der Waals surface area contributed by atoms with Crippen LogP contribution < -0.4 is 11.1 Å². The van der Waals surface area contributed by atoms with Crippen LogP contribution in [0.4, 0.5) is 11.5 Å². The van der Waals surface area contributed by atoms with Crippen molar-refractivity contribution in [2.24, 2.45) is 0 Å². The summed E-state index contributed by atoms with van der Waals surface area (Å²) < 4.78 is 6.24. The van der Waals surface area contributed by atoms with Gasteiger partial charge < -0.3 is 20.5 Å². The van der Waals surface area contributed by atoms with Crippen molar-refractivity contribution in [3.63, 3.8) is 0 Å². The third kappa shape index (κ3) is 4.06. The molecule has 0 unspecified atom stereocenters. The van der Waals surface area contributed by atoms with Gasteiger partial charge in [-0.05, 0) is 6.92 Å². The fraction of sp³-hybridized carbons (Fsp3) is 0.333. The van der Waals surface area contributed by atoms with Crippen molar-refractivity contribution in [1.29, 1.82) is 0 Å². The first-order valence-corrected chi connectivity index (χ1v) is 6.19. The smallest absolute Gasteiger partial charge is 0.245 e. The lowest BCUT2D eigenvalue weighted by molar-refractivity contribution is -0.134. The second kappa shape index (κ2) is 6.07. The quantitative estimate of drug-likeness (QED) is 0.791. The van der Waals surface area contributed by atoms with E-state index in [1.165, 1.54) is 22.8 Å². The highest BCUT2D eigenvalue weighted by Crippen LogP contribution is 2.06. The molecule has 9 nitrogen and oxygen atoms in total. The van der Waals surface area contributed by atoms with E-state index in [1.54, 1.807) is 19.2 Å². The van der Waals surface area contributed by atoms with Gasteiger partial charge in [-0.1, -0.05) is 5.16 Å². The molecule has 3 N–H and O–H groups in total. The Labute approximate surface area is 120 Å². The van der Waals surface area contributed by atoms with Crippen LogP contribution in [-0.4, -0.2) is 45.2 Å². The average molecular weight is 292 g/mol. The van der Waals surface area contributed by atoms with E-state index in [4.69, 9.17) is 10.3 Å². The molecule has 2 amide bonds. The molecule has 0 radical (unpaired) electrons. The largest absolute Gasteiger partial charge is 0.396 e. The van der Waals surface area contributed by atoms with Gasteiger partial charge in [0.15, 0.2) is 5.82 Å². The molecular weight excluding hydrogens is 276 g/mol. The zero-order valence-corrected chi connectivity index (χ0v) is 11.7. The van der Waals surface area contributed by atoms with Crippen LogP contribution in [0, 0.1) is 6.92 Å². The first kappa shape index (κ1) is 14.6. The molecule has 0 aliphatic carbocycles. The molecule has 0 bridgehead atoms. The number of likely N-dealkylation sites (N-methyl/N-ethyl adjacent to an activating group) is 1. The van der Waals surface area contributed by atoms with Gasteiger partial charge in [-0.3, -0.25) is 14.3 Å². The molecule has 0 spiro atoms. The van der Waals surface area contributed by atoms with E-state index in [9.17, 15) is 9.59 Å². The third-order valence-electron chi connectivity index (χ3n) is 2.65. The number of rotatable bonds is 5. The van der Waals surface area contributed by atoms with Crippen LogP contribution in [0.25, 0.3) is 0 Å². The number of hydrogen-bond donors (Lipinski definition) is 2. The lowest BCUT2D eigenvalue weighted by atomic mass is 10.4. The summed E-state index contributed by atoms with van der Waals surface area (Å²) in [6.07, 6.45) is 3.00. The molecular formula is C12H16N6O3. The Morgan fingerprint density at radius 1 is 1.52 bits per heavy atom. The number of aromatic nitrogens is 3. The number of nitrogens with two attached hydrogens (primary N) is 1. The van der Waals surface area contributed by atoms with Crippen LogP contribution in [0.5, 0.6) is 0 Å². The maximum absolute atomic E-state index is 11.9. The minimum absolute atomic E-state index is 0.0179. The fourth-order valence-electron chi connectivity index (χ4n) is 1.64. The van der Waals surface area contributed by atoms with Gasteiger partial charge in [-0.2, -0.15) is 5.10 Å². The monoisotopic (exact) mass is 292 g/mol. The van der Waals surface area contributed by atoms with Crippen LogP contribution in [-0.2, 0) is 16.1 Å². The topological polar surface area (TPSA) is 119 Å². The first-order valence-electron chi connectivity index (χ1n) is 6.19. The summed E-state index contributed by atoms with van der Waals surface area (Å²) in [6, 6.07) is 1.59. The van der Waals surface area contributed by atoms with Crippen LogP contribution in [0.15, 0.2) is 23.0 Å². The number of nitrogens with zero attached hydrogens (tertiary/aromatic N) is 4. The molecule has 2 aromatic rings. The van der Waals surface area contributed by atoms with Crippen molar-refractivity contribution in [2.45, 2.75) is 13.5 Å². The van der Waals surface area contributed by atoms with Gasteiger partial charge in [-0.25, -0.2) is 0 Å². The molecule has 0 saturated heterocycles. The molecule has 0 fully saturated rings. The van der Waals surface area contributed by atoms with E-state index < -0.39 is 0 Å². The van der Waals surface area contributed by atoms with Crippen molar-refractivity contribution in [3.05, 3.63) is 24.2 Å². The lowest BCUT2D eigenvalue weighted by Gasteiger charge is -2.16.